The second kappa shape index (κ2) is 7.92. The van der Waals surface area contributed by atoms with Crippen LogP contribution in [0.2, 0.25) is 0 Å². The van der Waals surface area contributed by atoms with Gasteiger partial charge >= 0.3 is 5.69 Å². The van der Waals surface area contributed by atoms with Gasteiger partial charge in [0, 0.05) is 18.9 Å². The van der Waals surface area contributed by atoms with Crippen molar-refractivity contribution in [3.63, 3.8) is 0 Å². The number of hydrogen-bond acceptors (Lipinski definition) is 6. The van der Waals surface area contributed by atoms with E-state index in [9.17, 15) is 10.1 Å². The number of nitrogens with one attached hydrogen (secondary N) is 1. The first kappa shape index (κ1) is 15.7. The lowest BCUT2D eigenvalue weighted by molar-refractivity contribution is -0.384. The quantitative estimate of drug-likeness (QED) is 0.458. The van der Waals surface area contributed by atoms with Crippen LogP contribution in [0.4, 0.5) is 11.4 Å². The van der Waals surface area contributed by atoms with Crippen molar-refractivity contribution in [2.45, 2.75) is 19.8 Å². The Hall–Kier alpha value is -2.70. The number of para-hydroxylation sites is 1. The van der Waals surface area contributed by atoms with Crippen molar-refractivity contribution >= 4 is 11.4 Å². The Morgan fingerprint density at radius 3 is 2.77 bits per heavy atom. The van der Waals surface area contributed by atoms with Crippen molar-refractivity contribution in [3.05, 3.63) is 52.6 Å². The highest BCUT2D eigenvalue weighted by molar-refractivity contribution is 5.68. The number of benzene rings is 1. The molecule has 0 spiro atoms. The molecule has 0 amide bonds. The lowest BCUT2D eigenvalue weighted by Crippen LogP contribution is -2.07. The molecule has 0 bridgehead atoms. The van der Waals surface area contributed by atoms with Gasteiger partial charge in [-0.15, -0.1) is 0 Å². The first-order chi connectivity index (χ1) is 10.7. The third-order valence-corrected chi connectivity index (χ3v) is 3.05. The molecule has 116 valence electrons. The second-order valence-electron chi connectivity index (χ2n) is 4.62. The number of nitrogens with zero attached hydrogens (tertiary/aromatic N) is 3. The number of ether oxygens (including phenoxy) is 1. The molecule has 2 rings (SSSR count). The summed E-state index contributed by atoms with van der Waals surface area (Å²) in [5.41, 5.74) is 1.49. The molecule has 7 nitrogen and oxygen atoms in total. The SMILES string of the molecule is CCOc1cccc(NCCCc2cncnc2)c1[N+](=O)[O-]. The van der Waals surface area contributed by atoms with Crippen LogP contribution in [-0.2, 0) is 6.42 Å². The van der Waals surface area contributed by atoms with E-state index < -0.39 is 4.92 Å². The fourth-order valence-electron chi connectivity index (χ4n) is 2.10. The third kappa shape index (κ3) is 4.15. The van der Waals surface area contributed by atoms with Crippen LogP contribution in [0.5, 0.6) is 5.75 Å². The highest BCUT2D eigenvalue weighted by Crippen LogP contribution is 2.34. The van der Waals surface area contributed by atoms with Crippen LogP contribution >= 0.6 is 0 Å². The number of hydrogen-bond donors (Lipinski definition) is 1. The molecule has 22 heavy (non-hydrogen) atoms. The van der Waals surface area contributed by atoms with Gasteiger partial charge in [0.1, 0.15) is 12.0 Å². The first-order valence-corrected chi connectivity index (χ1v) is 7.10. The van der Waals surface area contributed by atoms with Crippen molar-refractivity contribution in [1.29, 1.82) is 0 Å². The van der Waals surface area contributed by atoms with E-state index in [4.69, 9.17) is 4.74 Å². The molecule has 0 unspecified atom stereocenters. The largest absolute Gasteiger partial charge is 0.487 e. The van der Waals surface area contributed by atoms with E-state index in [0.717, 1.165) is 18.4 Å². The van der Waals surface area contributed by atoms with Crippen LogP contribution < -0.4 is 10.1 Å². The summed E-state index contributed by atoms with van der Waals surface area (Å²) in [6.07, 6.45) is 6.66. The minimum atomic E-state index is -0.418. The molecule has 0 aliphatic heterocycles. The molecule has 2 aromatic rings. The Kier molecular flexibility index (Phi) is 5.65. The summed E-state index contributed by atoms with van der Waals surface area (Å²) < 4.78 is 5.32. The number of nitro groups is 1. The maximum atomic E-state index is 11.2. The van der Waals surface area contributed by atoms with Gasteiger partial charge in [0.05, 0.1) is 11.5 Å². The standard InChI is InChI=1S/C15H18N4O3/c1-2-22-14-7-3-6-13(15(14)19(20)21)18-8-4-5-12-9-16-11-17-10-12/h3,6-7,9-11,18H,2,4-5,8H2,1H3. The van der Waals surface area contributed by atoms with E-state index in [1.165, 1.54) is 6.33 Å². The topological polar surface area (TPSA) is 90.2 Å². The minimum Gasteiger partial charge on any atom is -0.487 e. The zero-order valence-electron chi connectivity index (χ0n) is 12.4. The molecular formula is C15H18N4O3. The van der Waals surface area contributed by atoms with Crippen molar-refractivity contribution < 1.29 is 9.66 Å². The normalized spacial score (nSPS) is 10.2. The molecule has 0 aliphatic carbocycles. The molecule has 0 saturated carbocycles. The molecule has 1 heterocycles. The number of anilines is 1. The summed E-state index contributed by atoms with van der Waals surface area (Å²) >= 11 is 0. The van der Waals surface area contributed by atoms with E-state index in [1.54, 1.807) is 37.5 Å². The zero-order chi connectivity index (χ0) is 15.8. The molecule has 0 atom stereocenters. The van der Waals surface area contributed by atoms with E-state index in [-0.39, 0.29) is 11.4 Å². The van der Waals surface area contributed by atoms with Crippen LogP contribution in [0.1, 0.15) is 18.9 Å². The fraction of sp³-hybridized carbons (Fsp3) is 0.333. The van der Waals surface area contributed by atoms with Crippen LogP contribution in [0, 0.1) is 10.1 Å². The second-order valence-corrected chi connectivity index (χ2v) is 4.62. The van der Waals surface area contributed by atoms with Gasteiger partial charge in [0.15, 0.2) is 5.75 Å². The van der Waals surface area contributed by atoms with Crippen molar-refractivity contribution in [1.82, 2.24) is 9.97 Å². The Balaban J connectivity index is 1.97. The zero-order valence-corrected chi connectivity index (χ0v) is 12.4. The number of aromatic nitrogens is 2. The smallest absolute Gasteiger partial charge is 0.333 e. The Labute approximate surface area is 128 Å². The van der Waals surface area contributed by atoms with Crippen LogP contribution in [0.25, 0.3) is 0 Å². The van der Waals surface area contributed by atoms with E-state index >= 15 is 0 Å². The Bertz CT molecular complexity index is 619. The molecule has 1 aromatic carbocycles. The lowest BCUT2D eigenvalue weighted by Gasteiger charge is -2.10. The van der Waals surface area contributed by atoms with Gasteiger partial charge in [-0.3, -0.25) is 10.1 Å². The maximum absolute atomic E-state index is 11.2. The highest BCUT2D eigenvalue weighted by Gasteiger charge is 2.20. The summed E-state index contributed by atoms with van der Waals surface area (Å²) in [7, 11) is 0. The fourth-order valence-corrected chi connectivity index (χ4v) is 2.10. The predicted molar refractivity (Wildman–Crippen MR) is 83.1 cm³/mol. The molecule has 7 heteroatoms. The molecule has 0 saturated heterocycles. The number of rotatable bonds is 8. The minimum absolute atomic E-state index is 0.0209. The molecule has 0 fully saturated rings. The van der Waals surface area contributed by atoms with Crippen molar-refractivity contribution in [3.8, 4) is 5.75 Å². The predicted octanol–water partition coefficient (Wildman–Crippen LogP) is 2.83. The van der Waals surface area contributed by atoms with Gasteiger partial charge in [-0.2, -0.15) is 0 Å². The molecule has 0 radical (unpaired) electrons. The van der Waals surface area contributed by atoms with Crippen LogP contribution in [-0.4, -0.2) is 28.0 Å². The highest BCUT2D eigenvalue weighted by atomic mass is 16.6. The van der Waals surface area contributed by atoms with Gasteiger partial charge in [-0.05, 0) is 37.5 Å². The van der Waals surface area contributed by atoms with Crippen molar-refractivity contribution in [2.24, 2.45) is 0 Å². The first-order valence-electron chi connectivity index (χ1n) is 7.10. The molecule has 0 aliphatic rings. The summed E-state index contributed by atoms with van der Waals surface area (Å²) in [6.45, 7) is 2.80. The van der Waals surface area contributed by atoms with Gasteiger partial charge in [-0.1, -0.05) is 6.07 Å². The maximum Gasteiger partial charge on any atom is 0.333 e. The van der Waals surface area contributed by atoms with Crippen molar-refractivity contribution in [2.75, 3.05) is 18.5 Å². The van der Waals surface area contributed by atoms with Gasteiger partial charge < -0.3 is 10.1 Å². The average Bonchev–Trinajstić information content (AvgIpc) is 2.53. The summed E-state index contributed by atoms with van der Waals surface area (Å²) in [4.78, 5) is 18.7. The summed E-state index contributed by atoms with van der Waals surface area (Å²) in [5.74, 6) is 0.286. The number of aryl methyl sites for hydroxylation is 1. The van der Waals surface area contributed by atoms with Crippen LogP contribution in [0.3, 0.4) is 0 Å². The monoisotopic (exact) mass is 302 g/mol. The Morgan fingerprint density at radius 2 is 2.09 bits per heavy atom. The molecular weight excluding hydrogens is 284 g/mol. The van der Waals surface area contributed by atoms with Gasteiger partial charge in [-0.25, -0.2) is 9.97 Å². The van der Waals surface area contributed by atoms with E-state index in [1.807, 2.05) is 0 Å². The van der Waals surface area contributed by atoms with Gasteiger partial charge in [0.2, 0.25) is 0 Å². The molecule has 1 N–H and O–H groups in total. The molecule has 1 aromatic heterocycles. The third-order valence-electron chi connectivity index (χ3n) is 3.05. The number of nitro benzene ring substituents is 1. The Morgan fingerprint density at radius 1 is 1.32 bits per heavy atom. The lowest BCUT2D eigenvalue weighted by atomic mass is 10.2. The van der Waals surface area contributed by atoms with E-state index in [2.05, 4.69) is 15.3 Å². The summed E-state index contributed by atoms with van der Waals surface area (Å²) in [5, 5.41) is 14.3. The van der Waals surface area contributed by atoms with Crippen LogP contribution in [0.15, 0.2) is 36.9 Å². The van der Waals surface area contributed by atoms with E-state index in [0.29, 0.717) is 18.8 Å². The van der Waals surface area contributed by atoms with Gasteiger partial charge in [0.25, 0.3) is 0 Å². The average molecular weight is 302 g/mol. The summed E-state index contributed by atoms with van der Waals surface area (Å²) in [6, 6.07) is 5.03.